The molecule has 5 heteroatoms. The van der Waals surface area contributed by atoms with Gasteiger partial charge in [-0.15, -0.1) is 0 Å². The summed E-state index contributed by atoms with van der Waals surface area (Å²) in [6.07, 6.45) is 1.67. The summed E-state index contributed by atoms with van der Waals surface area (Å²) >= 11 is 0. The number of nitrogens with zero attached hydrogens (tertiary/aromatic N) is 2. The highest BCUT2D eigenvalue weighted by atomic mass is 16.3. The lowest BCUT2D eigenvalue weighted by Crippen LogP contribution is -2.13. The molecular formula is C19H17N3O2. The van der Waals surface area contributed by atoms with Crippen molar-refractivity contribution in [2.75, 3.05) is 11.9 Å². The molecule has 3 aromatic rings. The minimum absolute atomic E-state index is 0.352. The van der Waals surface area contributed by atoms with Crippen LogP contribution in [0.3, 0.4) is 0 Å². The van der Waals surface area contributed by atoms with Crippen LogP contribution >= 0.6 is 0 Å². The molecule has 0 aliphatic rings. The van der Waals surface area contributed by atoms with Gasteiger partial charge in [-0.1, -0.05) is 54.6 Å². The highest BCUT2D eigenvalue weighted by Gasteiger charge is 2.08. The monoisotopic (exact) mass is 319 g/mol. The molecule has 0 saturated heterocycles. The minimum Gasteiger partial charge on any atom is -0.387 e. The third kappa shape index (κ3) is 3.83. The van der Waals surface area contributed by atoms with Crippen molar-refractivity contribution in [2.24, 2.45) is 0 Å². The Morgan fingerprint density at radius 2 is 1.79 bits per heavy atom. The predicted molar refractivity (Wildman–Crippen MR) is 92.7 cm³/mol. The number of hydrogen-bond donors (Lipinski definition) is 2. The van der Waals surface area contributed by atoms with Crippen LogP contribution in [0.1, 0.15) is 22.0 Å². The van der Waals surface area contributed by atoms with E-state index in [1.165, 1.54) is 6.33 Å². The van der Waals surface area contributed by atoms with Gasteiger partial charge >= 0.3 is 0 Å². The molecule has 120 valence electrons. The molecule has 5 nitrogen and oxygen atoms in total. The number of rotatable bonds is 6. The number of aliphatic hydroxyl groups excluding tert-OH is 1. The van der Waals surface area contributed by atoms with E-state index in [-0.39, 0.29) is 0 Å². The van der Waals surface area contributed by atoms with Crippen molar-refractivity contribution in [1.82, 2.24) is 9.97 Å². The molecule has 2 N–H and O–H groups in total. The molecule has 0 radical (unpaired) electrons. The van der Waals surface area contributed by atoms with Crippen LogP contribution in [0.5, 0.6) is 0 Å². The number of aldehydes is 1. The molecule has 1 aromatic heterocycles. The Balaban J connectivity index is 1.70. The molecule has 0 unspecified atom stereocenters. The molecule has 0 bridgehead atoms. The number of carbonyl (C=O) groups is 1. The first kappa shape index (κ1) is 15.8. The summed E-state index contributed by atoms with van der Waals surface area (Å²) in [5, 5.41) is 13.3. The van der Waals surface area contributed by atoms with Crippen LogP contribution in [0, 0.1) is 0 Å². The summed E-state index contributed by atoms with van der Waals surface area (Å²) in [5.41, 5.74) is 3.12. The molecule has 0 spiro atoms. The van der Waals surface area contributed by atoms with E-state index in [0.717, 1.165) is 23.1 Å². The molecule has 2 aromatic carbocycles. The molecule has 1 atom stereocenters. The molecule has 0 saturated carbocycles. The summed E-state index contributed by atoms with van der Waals surface area (Å²) in [6.45, 7) is 0.352. The molecule has 1 heterocycles. The van der Waals surface area contributed by atoms with Gasteiger partial charge in [0.15, 0.2) is 0 Å². The number of carbonyl (C=O) groups excluding carboxylic acids is 1. The first-order valence-electron chi connectivity index (χ1n) is 7.61. The van der Waals surface area contributed by atoms with Crippen LogP contribution in [-0.4, -0.2) is 27.9 Å². The average Bonchev–Trinajstić information content (AvgIpc) is 2.67. The summed E-state index contributed by atoms with van der Waals surface area (Å²) < 4.78 is 0. The quantitative estimate of drug-likeness (QED) is 0.683. The van der Waals surface area contributed by atoms with Gasteiger partial charge in [-0.05, 0) is 5.56 Å². The van der Waals surface area contributed by atoms with Gasteiger partial charge in [0.25, 0.3) is 0 Å². The number of nitrogens with one attached hydrogen (secondary N) is 1. The van der Waals surface area contributed by atoms with Crippen LogP contribution < -0.4 is 5.32 Å². The maximum absolute atomic E-state index is 10.7. The first-order valence-corrected chi connectivity index (χ1v) is 7.61. The van der Waals surface area contributed by atoms with Crippen molar-refractivity contribution < 1.29 is 9.90 Å². The number of hydrogen-bond acceptors (Lipinski definition) is 5. The fourth-order valence-corrected chi connectivity index (χ4v) is 2.34. The fourth-order valence-electron chi connectivity index (χ4n) is 2.34. The van der Waals surface area contributed by atoms with Crippen LogP contribution in [0.4, 0.5) is 5.82 Å². The van der Waals surface area contributed by atoms with E-state index in [1.54, 1.807) is 12.1 Å². The molecule has 0 amide bonds. The van der Waals surface area contributed by atoms with Crippen molar-refractivity contribution in [3.8, 4) is 11.3 Å². The van der Waals surface area contributed by atoms with Crippen LogP contribution in [0.2, 0.25) is 0 Å². The second kappa shape index (κ2) is 7.48. The summed E-state index contributed by atoms with van der Waals surface area (Å²) in [6, 6.07) is 18.5. The Bertz CT molecular complexity index is 804. The average molecular weight is 319 g/mol. The van der Waals surface area contributed by atoms with E-state index in [1.807, 2.05) is 48.5 Å². The Morgan fingerprint density at radius 3 is 2.50 bits per heavy atom. The lowest BCUT2D eigenvalue weighted by atomic mass is 10.1. The molecule has 3 rings (SSSR count). The van der Waals surface area contributed by atoms with Crippen LogP contribution in [0.15, 0.2) is 67.0 Å². The van der Waals surface area contributed by atoms with Crippen LogP contribution in [0.25, 0.3) is 11.3 Å². The van der Waals surface area contributed by atoms with E-state index in [0.29, 0.717) is 17.9 Å². The van der Waals surface area contributed by atoms with E-state index >= 15 is 0 Å². The summed E-state index contributed by atoms with van der Waals surface area (Å²) in [4.78, 5) is 19.1. The molecule has 0 aliphatic carbocycles. The fraction of sp³-hybridized carbons (Fsp3) is 0.105. The molecule has 0 aliphatic heterocycles. The van der Waals surface area contributed by atoms with E-state index < -0.39 is 6.10 Å². The normalized spacial score (nSPS) is 11.7. The lowest BCUT2D eigenvalue weighted by molar-refractivity contribution is 0.112. The van der Waals surface area contributed by atoms with Crippen molar-refractivity contribution in [2.45, 2.75) is 6.10 Å². The second-order valence-corrected chi connectivity index (χ2v) is 5.34. The van der Waals surface area contributed by atoms with Crippen molar-refractivity contribution >= 4 is 12.1 Å². The maximum Gasteiger partial charge on any atom is 0.150 e. The van der Waals surface area contributed by atoms with Gasteiger partial charge < -0.3 is 10.4 Å². The number of benzene rings is 2. The lowest BCUT2D eigenvalue weighted by Gasteiger charge is -2.13. The van der Waals surface area contributed by atoms with Crippen molar-refractivity contribution in [1.29, 1.82) is 0 Å². The van der Waals surface area contributed by atoms with E-state index in [2.05, 4.69) is 15.3 Å². The highest BCUT2D eigenvalue weighted by molar-refractivity contribution is 5.76. The Kier molecular flexibility index (Phi) is 4.93. The SMILES string of the molecule is O=Cc1ccc(-c2cc(NC[C@@H](O)c3ccccc3)ncn2)cc1. The van der Waals surface area contributed by atoms with Gasteiger partial charge in [0.1, 0.15) is 18.4 Å². The minimum atomic E-state index is -0.614. The Hall–Kier alpha value is -3.05. The first-order chi connectivity index (χ1) is 11.8. The third-order valence-electron chi connectivity index (χ3n) is 3.67. The molecule has 0 fully saturated rings. The van der Waals surface area contributed by atoms with Gasteiger partial charge in [0.05, 0.1) is 11.8 Å². The van der Waals surface area contributed by atoms with Crippen molar-refractivity contribution in [3.05, 3.63) is 78.1 Å². The van der Waals surface area contributed by atoms with E-state index in [9.17, 15) is 9.90 Å². The van der Waals surface area contributed by atoms with Gasteiger partial charge in [-0.2, -0.15) is 0 Å². The maximum atomic E-state index is 10.7. The number of aliphatic hydroxyl groups is 1. The number of aromatic nitrogens is 2. The van der Waals surface area contributed by atoms with Gasteiger partial charge in [0, 0.05) is 23.7 Å². The zero-order valence-corrected chi connectivity index (χ0v) is 13.0. The van der Waals surface area contributed by atoms with Gasteiger partial charge in [0.2, 0.25) is 0 Å². The molecular weight excluding hydrogens is 302 g/mol. The number of anilines is 1. The highest BCUT2D eigenvalue weighted by Crippen LogP contribution is 2.20. The van der Waals surface area contributed by atoms with Crippen LogP contribution in [-0.2, 0) is 0 Å². The largest absolute Gasteiger partial charge is 0.387 e. The second-order valence-electron chi connectivity index (χ2n) is 5.34. The Labute approximate surface area is 140 Å². The summed E-state index contributed by atoms with van der Waals surface area (Å²) in [5.74, 6) is 0.634. The topological polar surface area (TPSA) is 75.1 Å². The zero-order chi connectivity index (χ0) is 16.8. The Morgan fingerprint density at radius 1 is 1.04 bits per heavy atom. The summed E-state index contributed by atoms with van der Waals surface area (Å²) in [7, 11) is 0. The molecule has 24 heavy (non-hydrogen) atoms. The van der Waals surface area contributed by atoms with Gasteiger partial charge in [-0.3, -0.25) is 4.79 Å². The van der Waals surface area contributed by atoms with E-state index in [4.69, 9.17) is 0 Å². The predicted octanol–water partition coefficient (Wildman–Crippen LogP) is 3.10. The standard InChI is InChI=1S/C19H17N3O2/c23-12-14-6-8-15(9-7-14)17-10-19(22-13-21-17)20-11-18(24)16-4-2-1-3-5-16/h1-10,12-13,18,24H,11H2,(H,20,21,22)/t18-/m1/s1. The zero-order valence-electron chi connectivity index (χ0n) is 13.0. The third-order valence-corrected chi connectivity index (χ3v) is 3.67. The van der Waals surface area contributed by atoms with Crippen molar-refractivity contribution in [3.63, 3.8) is 0 Å². The van der Waals surface area contributed by atoms with Gasteiger partial charge in [-0.25, -0.2) is 9.97 Å². The smallest absolute Gasteiger partial charge is 0.150 e.